The second-order valence-electron chi connectivity index (χ2n) is 5.48. The number of phosphoric ester groups is 1. The van der Waals surface area contributed by atoms with Crippen molar-refractivity contribution in [3.63, 3.8) is 0 Å². The number of aromatic nitrogens is 2. The smallest absolute Gasteiger partial charge is 0.393 e. The number of nitrogens with zero attached hydrogens (tertiary/aromatic N) is 1. The van der Waals surface area contributed by atoms with E-state index in [9.17, 15) is 23.8 Å². The van der Waals surface area contributed by atoms with E-state index in [-0.39, 0.29) is 0 Å². The van der Waals surface area contributed by atoms with Gasteiger partial charge in [-0.05, 0) is 4.57 Å². The molecule has 0 saturated carbocycles. The molecule has 0 aliphatic carbocycles. The predicted octanol–water partition coefficient (Wildman–Crippen LogP) is -1.11. The summed E-state index contributed by atoms with van der Waals surface area (Å²) in [6.07, 6.45) is -2.82. The molecule has 0 spiro atoms. The summed E-state index contributed by atoms with van der Waals surface area (Å²) in [6, 6.07) is 1.03. The largest absolute Gasteiger partial charge is 0.582 e. The molecule has 16 heteroatoms. The van der Waals surface area contributed by atoms with Crippen molar-refractivity contribution < 1.29 is 42.5 Å². The van der Waals surface area contributed by atoms with Gasteiger partial charge in [-0.2, -0.15) is 0 Å². The Morgan fingerprint density at radius 1 is 1.48 bits per heavy atom. The lowest BCUT2D eigenvalue weighted by Crippen LogP contribution is -2.50. The van der Waals surface area contributed by atoms with Crippen LogP contribution in [-0.2, 0) is 27.7 Å². The molecule has 0 radical (unpaired) electrons. The van der Waals surface area contributed by atoms with Crippen LogP contribution in [0.2, 0.25) is 0 Å². The normalized spacial score (nSPS) is 29.1. The Morgan fingerprint density at radius 3 is 2.63 bits per heavy atom. The van der Waals surface area contributed by atoms with Gasteiger partial charge >= 0.3 is 20.7 Å². The molecule has 1 aliphatic rings. The van der Waals surface area contributed by atoms with Crippen molar-refractivity contribution in [1.29, 1.82) is 0 Å². The topological polar surface area (TPSA) is 187 Å². The molecule has 13 nitrogen and oxygen atoms in total. The van der Waals surface area contributed by atoms with Crippen LogP contribution in [0.3, 0.4) is 0 Å². The molecule has 5 atom stereocenters. The molecule has 1 aromatic heterocycles. The fourth-order valence-electron chi connectivity index (χ4n) is 2.64. The number of hydrogen-bond acceptors (Lipinski definition) is 9. The summed E-state index contributed by atoms with van der Waals surface area (Å²) in [5.74, 6) is 0. The quantitative estimate of drug-likeness (QED) is 0.240. The minimum Gasteiger partial charge on any atom is -0.393 e. The first-order chi connectivity index (χ1) is 12.5. The van der Waals surface area contributed by atoms with Crippen LogP contribution in [0.4, 0.5) is 0 Å². The summed E-state index contributed by atoms with van der Waals surface area (Å²) in [4.78, 5) is 43.2. The summed E-state index contributed by atoms with van der Waals surface area (Å²) < 4.78 is 43.9. The first kappa shape index (κ1) is 22.4. The summed E-state index contributed by atoms with van der Waals surface area (Å²) in [6.45, 7) is -1.78. The Balaban J connectivity index is 2.51. The number of phosphoric acid groups is 1. The molecule has 152 valence electrons. The lowest BCUT2D eigenvalue weighted by Gasteiger charge is -2.29. The number of ether oxygens (including phenoxy) is 2. The summed E-state index contributed by atoms with van der Waals surface area (Å²) in [5, 5.41) is 9.83. The van der Waals surface area contributed by atoms with Crippen molar-refractivity contribution in [1.82, 2.24) is 9.55 Å². The maximum Gasteiger partial charge on any atom is 0.582 e. The van der Waals surface area contributed by atoms with Gasteiger partial charge in [-0.3, -0.25) is 18.9 Å². The first-order valence-corrected chi connectivity index (χ1v) is 11.0. The van der Waals surface area contributed by atoms with E-state index in [0.29, 0.717) is 0 Å². The minimum absolute atomic E-state index is 0.673. The highest BCUT2D eigenvalue weighted by Crippen LogP contribution is 2.47. The number of rotatable bonds is 8. The number of methoxy groups -OCH3 is 1. The number of hydrogen-bond donors (Lipinski definition) is 5. The molecule has 0 amide bonds. The van der Waals surface area contributed by atoms with Crippen molar-refractivity contribution in [3.8, 4) is 0 Å². The fourth-order valence-corrected chi connectivity index (χ4v) is 3.84. The fraction of sp³-hybridized carbons (Fsp3) is 0.636. The van der Waals surface area contributed by atoms with Gasteiger partial charge in [0.2, 0.25) is 0 Å². The van der Waals surface area contributed by atoms with Crippen LogP contribution in [0.15, 0.2) is 21.9 Å². The molecule has 2 unspecified atom stereocenters. The molecule has 1 aliphatic heterocycles. The van der Waals surface area contributed by atoms with Crippen LogP contribution in [0.1, 0.15) is 6.23 Å². The van der Waals surface area contributed by atoms with Crippen LogP contribution < -0.4 is 11.2 Å². The predicted molar refractivity (Wildman–Crippen MR) is 91.5 cm³/mol. The zero-order valence-electron chi connectivity index (χ0n) is 13.7. The SMILES string of the molecule is CO[C@H]1C(O[P+](=O)S)[C@@](CO)(COP(=O)(O)O)O[C@H]1n1ccc(=O)[nH]c1=O. The molecule has 1 aromatic rings. The maximum atomic E-state index is 12.1. The summed E-state index contributed by atoms with van der Waals surface area (Å²) >= 11 is 3.63. The Morgan fingerprint density at radius 2 is 2.15 bits per heavy atom. The standard InChI is InChI=1S/C11H16N2O11P2S/c1-21-7-8(24-25(17)27)11(4-14,5-22-26(18,19)20)23-9(7)13-3-2-6(15)12-10(13)16/h2-3,7-9,14H,4-5H2,1H3,(H3-,12,15,16,17,18,19,20,27)/p+1/t7-,8?,9+,11+/m0/s1. The van der Waals surface area contributed by atoms with Gasteiger partial charge < -0.3 is 24.4 Å². The molecule has 0 bridgehead atoms. The molecule has 4 N–H and O–H groups in total. The van der Waals surface area contributed by atoms with Crippen molar-refractivity contribution in [2.24, 2.45) is 0 Å². The van der Waals surface area contributed by atoms with Crippen LogP contribution in [0.5, 0.6) is 0 Å². The van der Waals surface area contributed by atoms with E-state index in [1.54, 1.807) is 0 Å². The minimum atomic E-state index is -4.97. The molecule has 1 saturated heterocycles. The van der Waals surface area contributed by atoms with E-state index in [1.807, 2.05) is 4.98 Å². The third-order valence-electron chi connectivity index (χ3n) is 3.80. The molecule has 27 heavy (non-hydrogen) atoms. The zero-order chi connectivity index (χ0) is 20.4. The highest BCUT2D eigenvalue weighted by molar-refractivity contribution is 8.39. The van der Waals surface area contributed by atoms with Crippen LogP contribution >= 0.6 is 27.3 Å². The average molecular weight is 447 g/mol. The zero-order valence-corrected chi connectivity index (χ0v) is 16.4. The third kappa shape index (κ3) is 5.12. The Kier molecular flexibility index (Phi) is 7.14. The molecule has 2 heterocycles. The molecule has 1 fully saturated rings. The van der Waals surface area contributed by atoms with E-state index in [4.69, 9.17) is 23.8 Å². The molecular formula is C11H17N2O11P2S+. The van der Waals surface area contributed by atoms with E-state index < -0.39 is 63.6 Å². The monoisotopic (exact) mass is 447 g/mol. The highest BCUT2D eigenvalue weighted by Gasteiger charge is 2.61. The van der Waals surface area contributed by atoms with Gasteiger partial charge in [0.15, 0.2) is 17.9 Å². The van der Waals surface area contributed by atoms with Gasteiger partial charge in [-0.25, -0.2) is 9.36 Å². The van der Waals surface area contributed by atoms with Gasteiger partial charge in [0.05, 0.1) is 13.2 Å². The first-order valence-electron chi connectivity index (χ1n) is 7.19. The summed E-state index contributed by atoms with van der Waals surface area (Å²) in [5.41, 5.74) is -3.52. The van der Waals surface area contributed by atoms with Crippen molar-refractivity contribution in [2.45, 2.75) is 24.0 Å². The lowest BCUT2D eigenvalue weighted by atomic mass is 9.97. The number of H-pyrrole nitrogens is 1. The van der Waals surface area contributed by atoms with E-state index in [1.165, 1.54) is 7.11 Å². The van der Waals surface area contributed by atoms with Crippen molar-refractivity contribution in [3.05, 3.63) is 33.1 Å². The van der Waals surface area contributed by atoms with Gasteiger partial charge in [0.1, 0.15) is 18.4 Å². The second kappa shape index (κ2) is 8.62. The molecular weight excluding hydrogens is 430 g/mol. The second-order valence-corrected chi connectivity index (χ2v) is 8.38. The molecule has 2 rings (SSSR count). The third-order valence-corrected chi connectivity index (χ3v) is 4.96. The lowest BCUT2D eigenvalue weighted by molar-refractivity contribution is -0.144. The highest BCUT2D eigenvalue weighted by atomic mass is 32.7. The Hall–Kier alpha value is -0.920. The number of aliphatic hydroxyl groups excluding tert-OH is 1. The summed E-state index contributed by atoms with van der Waals surface area (Å²) in [7, 11) is -6.33. The number of aromatic amines is 1. The Labute approximate surface area is 157 Å². The molecule has 0 aromatic carbocycles. The van der Waals surface area contributed by atoms with Gasteiger partial charge in [-0.15, -0.1) is 4.52 Å². The van der Waals surface area contributed by atoms with Gasteiger partial charge in [-0.1, -0.05) is 0 Å². The van der Waals surface area contributed by atoms with E-state index in [0.717, 1.165) is 16.8 Å². The van der Waals surface area contributed by atoms with E-state index >= 15 is 0 Å². The average Bonchev–Trinajstić information content (AvgIpc) is 2.85. The van der Waals surface area contributed by atoms with Crippen molar-refractivity contribution >= 4 is 27.3 Å². The van der Waals surface area contributed by atoms with Crippen LogP contribution in [-0.4, -0.2) is 62.6 Å². The maximum absolute atomic E-state index is 12.1. The van der Waals surface area contributed by atoms with Gasteiger partial charge in [0, 0.05) is 19.4 Å². The van der Waals surface area contributed by atoms with Crippen LogP contribution in [0, 0.1) is 0 Å². The number of aliphatic hydroxyl groups is 1. The number of nitrogens with one attached hydrogen (secondary N) is 1. The van der Waals surface area contributed by atoms with Crippen molar-refractivity contribution in [2.75, 3.05) is 20.3 Å². The van der Waals surface area contributed by atoms with E-state index in [2.05, 4.69) is 16.8 Å². The Bertz CT molecular complexity index is 853. The van der Waals surface area contributed by atoms with Crippen LogP contribution in [0.25, 0.3) is 0 Å². The van der Waals surface area contributed by atoms with Gasteiger partial charge in [0.25, 0.3) is 5.56 Å². The number of thiol groups is 1.